The second kappa shape index (κ2) is 6.14. The van der Waals surface area contributed by atoms with E-state index in [0.29, 0.717) is 18.3 Å². The van der Waals surface area contributed by atoms with Gasteiger partial charge in [-0.25, -0.2) is 18.1 Å². The number of hydrogen-bond donors (Lipinski definition) is 1. The molecule has 0 bridgehead atoms. The van der Waals surface area contributed by atoms with Crippen molar-refractivity contribution in [2.45, 2.75) is 44.7 Å². The van der Waals surface area contributed by atoms with Crippen LogP contribution in [0.1, 0.15) is 33.0 Å². The molecule has 1 atom stereocenters. The highest BCUT2D eigenvalue weighted by Gasteiger charge is 2.26. The van der Waals surface area contributed by atoms with Crippen molar-refractivity contribution in [2.75, 3.05) is 0 Å². The molecule has 1 aromatic heterocycles. The van der Waals surface area contributed by atoms with Gasteiger partial charge in [-0.1, -0.05) is 13.8 Å². The van der Waals surface area contributed by atoms with Crippen molar-refractivity contribution < 1.29 is 18.3 Å². The van der Waals surface area contributed by atoms with Gasteiger partial charge in [-0.15, -0.1) is 0 Å². The molecule has 1 heterocycles. The minimum Gasteiger partial charge on any atom is -0.481 e. The quantitative estimate of drug-likeness (QED) is 0.793. The summed E-state index contributed by atoms with van der Waals surface area (Å²) in [5.41, 5.74) is 0. The molecule has 0 spiro atoms. The van der Waals surface area contributed by atoms with Crippen LogP contribution < -0.4 is 0 Å². The third-order valence-corrected chi connectivity index (χ3v) is 4.69. The van der Waals surface area contributed by atoms with E-state index in [4.69, 9.17) is 5.11 Å². The Morgan fingerprint density at radius 1 is 1.42 bits per heavy atom. The van der Waals surface area contributed by atoms with Gasteiger partial charge in [-0.3, -0.25) is 4.79 Å². The molecule has 0 aliphatic heterocycles. The monoisotopic (exact) mass is 289 g/mol. The number of rotatable bonds is 7. The number of aromatic nitrogens is 3. The lowest BCUT2D eigenvalue weighted by atomic mass is 10.2. The summed E-state index contributed by atoms with van der Waals surface area (Å²) in [6, 6.07) is 0. The van der Waals surface area contributed by atoms with Gasteiger partial charge in [0.1, 0.15) is 17.9 Å². The van der Waals surface area contributed by atoms with Gasteiger partial charge in [-0.05, 0) is 12.8 Å². The summed E-state index contributed by atoms with van der Waals surface area (Å²) < 4.78 is 25.6. The van der Waals surface area contributed by atoms with Crippen LogP contribution in [0.3, 0.4) is 0 Å². The first kappa shape index (κ1) is 15.6. The van der Waals surface area contributed by atoms with E-state index in [0.717, 1.165) is 0 Å². The van der Waals surface area contributed by atoms with Crippen molar-refractivity contribution in [3.8, 4) is 0 Å². The van der Waals surface area contributed by atoms with Gasteiger partial charge < -0.3 is 5.11 Å². The van der Waals surface area contributed by atoms with Crippen LogP contribution in [0.15, 0.2) is 6.33 Å². The third kappa shape index (κ3) is 4.62. The highest BCUT2D eigenvalue weighted by atomic mass is 32.2. The van der Waals surface area contributed by atoms with Crippen molar-refractivity contribution >= 4 is 15.8 Å². The number of carboxylic acids is 1. The standard InChI is InChI=1S/C11H19N3O4S/c1-8(2)5-14-10(12-7-13-14)6-19(17,18)9(3)4-11(15)16/h7-9H,4-6H2,1-3H3,(H,15,16). The topological polar surface area (TPSA) is 102 Å². The van der Waals surface area contributed by atoms with Gasteiger partial charge in [0, 0.05) is 6.54 Å². The number of hydrogen-bond acceptors (Lipinski definition) is 5. The van der Waals surface area contributed by atoms with Crippen LogP contribution in [0, 0.1) is 5.92 Å². The zero-order valence-corrected chi connectivity index (χ0v) is 12.1. The first-order chi connectivity index (χ1) is 8.72. The molecule has 1 N–H and O–H groups in total. The van der Waals surface area contributed by atoms with E-state index in [1.54, 1.807) is 4.68 Å². The zero-order chi connectivity index (χ0) is 14.6. The van der Waals surface area contributed by atoms with Crippen molar-refractivity contribution in [2.24, 2.45) is 5.92 Å². The largest absolute Gasteiger partial charge is 0.481 e. The number of aliphatic carboxylic acids is 1. The van der Waals surface area contributed by atoms with Gasteiger partial charge in [0.25, 0.3) is 0 Å². The van der Waals surface area contributed by atoms with Gasteiger partial charge in [0.2, 0.25) is 0 Å². The maximum absolute atomic E-state index is 12.0. The molecule has 1 rings (SSSR count). The first-order valence-electron chi connectivity index (χ1n) is 6.02. The summed E-state index contributed by atoms with van der Waals surface area (Å²) in [4.78, 5) is 14.5. The third-order valence-electron chi connectivity index (χ3n) is 2.64. The average molecular weight is 289 g/mol. The van der Waals surface area contributed by atoms with Gasteiger partial charge in [-0.2, -0.15) is 5.10 Å². The Hall–Kier alpha value is -1.44. The van der Waals surface area contributed by atoms with E-state index < -0.39 is 27.5 Å². The molecule has 1 aromatic rings. The summed E-state index contributed by atoms with van der Waals surface area (Å²) in [5, 5.41) is 11.7. The Morgan fingerprint density at radius 3 is 2.58 bits per heavy atom. The molecule has 0 radical (unpaired) electrons. The summed E-state index contributed by atoms with van der Waals surface area (Å²) in [5.74, 6) is -0.737. The second-order valence-electron chi connectivity index (χ2n) is 4.97. The Bertz CT molecular complexity index is 536. The molecule has 0 saturated heterocycles. The lowest BCUT2D eigenvalue weighted by Crippen LogP contribution is -2.24. The predicted octanol–water partition coefficient (Wildman–Crippen LogP) is 0.712. The highest BCUT2D eigenvalue weighted by Crippen LogP contribution is 2.13. The van der Waals surface area contributed by atoms with Crippen molar-refractivity contribution in [3.63, 3.8) is 0 Å². The van der Waals surface area contributed by atoms with Crippen LogP contribution >= 0.6 is 0 Å². The average Bonchev–Trinajstić information content (AvgIpc) is 2.63. The number of carboxylic acid groups (broad SMARTS) is 1. The van der Waals surface area contributed by atoms with Crippen LogP contribution in [-0.2, 0) is 26.9 Å². The van der Waals surface area contributed by atoms with Crippen LogP contribution in [-0.4, -0.2) is 39.5 Å². The van der Waals surface area contributed by atoms with Crippen LogP contribution in [0.5, 0.6) is 0 Å². The van der Waals surface area contributed by atoms with Gasteiger partial charge in [0.15, 0.2) is 9.84 Å². The van der Waals surface area contributed by atoms with Gasteiger partial charge >= 0.3 is 5.97 Å². The Morgan fingerprint density at radius 2 is 2.05 bits per heavy atom. The molecular weight excluding hydrogens is 270 g/mol. The first-order valence-corrected chi connectivity index (χ1v) is 7.74. The van der Waals surface area contributed by atoms with E-state index in [-0.39, 0.29) is 5.75 Å². The van der Waals surface area contributed by atoms with Crippen molar-refractivity contribution in [1.29, 1.82) is 0 Å². The van der Waals surface area contributed by atoms with Crippen molar-refractivity contribution in [3.05, 3.63) is 12.2 Å². The fourth-order valence-electron chi connectivity index (χ4n) is 1.59. The molecule has 8 heteroatoms. The Kier molecular flexibility index (Phi) is 5.04. The molecule has 1 unspecified atom stereocenters. The molecule has 0 saturated carbocycles. The minimum absolute atomic E-state index is 0.284. The van der Waals surface area contributed by atoms with E-state index in [2.05, 4.69) is 10.1 Å². The van der Waals surface area contributed by atoms with E-state index >= 15 is 0 Å². The molecule has 0 fully saturated rings. The van der Waals surface area contributed by atoms with Crippen LogP contribution in [0.2, 0.25) is 0 Å². The molecule has 0 amide bonds. The summed E-state index contributed by atoms with van der Waals surface area (Å²) >= 11 is 0. The lowest BCUT2D eigenvalue weighted by Gasteiger charge is -2.12. The van der Waals surface area contributed by atoms with E-state index in [1.165, 1.54) is 13.3 Å². The fraction of sp³-hybridized carbons (Fsp3) is 0.727. The van der Waals surface area contributed by atoms with Crippen molar-refractivity contribution in [1.82, 2.24) is 14.8 Å². The maximum Gasteiger partial charge on any atom is 0.304 e. The summed E-state index contributed by atoms with van der Waals surface area (Å²) in [7, 11) is -3.54. The predicted molar refractivity (Wildman–Crippen MR) is 69.2 cm³/mol. The maximum atomic E-state index is 12.0. The number of nitrogens with zero attached hydrogens (tertiary/aromatic N) is 3. The summed E-state index contributed by atoms with van der Waals surface area (Å²) in [6.07, 6.45) is 0.912. The van der Waals surface area contributed by atoms with E-state index in [9.17, 15) is 13.2 Å². The minimum atomic E-state index is -3.54. The molecule has 108 valence electrons. The smallest absolute Gasteiger partial charge is 0.304 e. The summed E-state index contributed by atoms with van der Waals surface area (Å²) in [6.45, 7) is 5.96. The molecule has 0 aromatic carbocycles. The number of sulfone groups is 1. The molecule has 19 heavy (non-hydrogen) atoms. The zero-order valence-electron chi connectivity index (χ0n) is 11.3. The molecular formula is C11H19N3O4S. The van der Waals surface area contributed by atoms with Crippen LogP contribution in [0.25, 0.3) is 0 Å². The molecule has 0 aliphatic carbocycles. The highest BCUT2D eigenvalue weighted by molar-refractivity contribution is 7.91. The number of carbonyl (C=O) groups is 1. The molecule has 0 aliphatic rings. The normalized spacial score (nSPS) is 13.7. The van der Waals surface area contributed by atoms with Gasteiger partial charge in [0.05, 0.1) is 11.7 Å². The fourth-order valence-corrected chi connectivity index (χ4v) is 2.86. The Labute approximate surface area is 112 Å². The Balaban J connectivity index is 2.84. The SMILES string of the molecule is CC(C)Cn1ncnc1CS(=O)(=O)C(C)CC(=O)O. The lowest BCUT2D eigenvalue weighted by molar-refractivity contribution is -0.136. The van der Waals surface area contributed by atoms with Crippen LogP contribution in [0.4, 0.5) is 0 Å². The molecule has 7 nitrogen and oxygen atoms in total. The van der Waals surface area contributed by atoms with E-state index in [1.807, 2.05) is 13.8 Å². The second-order valence-corrected chi connectivity index (χ2v) is 7.39.